The Morgan fingerprint density at radius 1 is 1.47 bits per heavy atom. The minimum Gasteiger partial charge on any atom is -0.691 e. The summed E-state index contributed by atoms with van der Waals surface area (Å²) < 4.78 is 3.41. The van der Waals surface area contributed by atoms with Gasteiger partial charge in [0.2, 0.25) is 5.52 Å². The molecule has 0 saturated carbocycles. The van der Waals surface area contributed by atoms with Crippen LogP contribution in [-0.2, 0) is 0 Å². The fourth-order valence-corrected chi connectivity index (χ4v) is 1.79. The minimum absolute atomic E-state index is 0.453. The number of fused-ring (bicyclic) bond motifs is 1. The number of hydrogen-bond acceptors (Lipinski definition) is 3. The van der Waals surface area contributed by atoms with Crippen molar-refractivity contribution in [2.45, 2.75) is 0 Å². The largest absolute Gasteiger partial charge is 0.691 e. The van der Waals surface area contributed by atoms with E-state index < -0.39 is 0 Å². The molecule has 0 spiro atoms. The van der Waals surface area contributed by atoms with Gasteiger partial charge in [-0.15, -0.1) is 4.85 Å². The van der Waals surface area contributed by atoms with E-state index in [1.54, 1.807) is 18.3 Å². The van der Waals surface area contributed by atoms with Gasteiger partial charge in [0.1, 0.15) is 0 Å². The molecule has 7 nitrogen and oxygen atoms in total. The molecule has 0 radical (unpaired) electrons. The van der Waals surface area contributed by atoms with Crippen LogP contribution in [0.4, 0.5) is 0 Å². The number of pyridine rings is 1. The molecule has 0 aliphatic heterocycles. The van der Waals surface area contributed by atoms with Crippen LogP contribution >= 0.6 is 0 Å². The second-order valence-corrected chi connectivity index (χ2v) is 4.11. The summed E-state index contributed by atoms with van der Waals surface area (Å²) in [7, 11) is 7.56. The molecule has 0 aromatic carbocycles. The third-order valence-corrected chi connectivity index (χ3v) is 2.33. The van der Waals surface area contributed by atoms with E-state index in [9.17, 15) is 5.21 Å². The summed E-state index contributed by atoms with van der Waals surface area (Å²) in [5.74, 6) is 0.767. The Bertz CT molecular complexity index is 581. The summed E-state index contributed by atoms with van der Waals surface area (Å²) >= 11 is 0. The molecule has 0 aliphatic rings. The summed E-state index contributed by atoms with van der Waals surface area (Å²) in [4.78, 5) is 6.65. The lowest BCUT2D eigenvalue weighted by molar-refractivity contribution is -0.645. The molecule has 7 heteroatoms. The maximum atomic E-state index is 11.6. The Labute approximate surface area is 98.8 Å². The van der Waals surface area contributed by atoms with Gasteiger partial charge in [0, 0.05) is 6.20 Å². The third kappa shape index (κ3) is 1.79. The molecule has 0 unspecified atom stereocenters. The van der Waals surface area contributed by atoms with Crippen LogP contribution < -0.4 is 4.85 Å². The first-order valence-electron chi connectivity index (χ1n) is 5.18. The molecule has 0 atom stereocenters. The molecule has 0 amide bonds. The van der Waals surface area contributed by atoms with Crippen LogP contribution in [0.1, 0.15) is 0 Å². The number of nitrogens with zero attached hydrogens (tertiary/aromatic N) is 6. The SMILES string of the molecule is CN(C)C(n1n[n+]([O-])c2cccnc21)=[N+](C)C. The fourth-order valence-electron chi connectivity index (χ4n) is 1.79. The number of aromatic nitrogens is 4. The zero-order valence-corrected chi connectivity index (χ0v) is 10.3. The Kier molecular flexibility index (Phi) is 2.66. The van der Waals surface area contributed by atoms with E-state index in [-0.39, 0.29) is 0 Å². The number of hydrogen-bond donors (Lipinski definition) is 0. The first-order chi connectivity index (χ1) is 8.02. The van der Waals surface area contributed by atoms with Crippen molar-refractivity contribution in [1.82, 2.24) is 19.8 Å². The van der Waals surface area contributed by atoms with Gasteiger partial charge in [-0.25, -0.2) is 4.98 Å². The van der Waals surface area contributed by atoms with E-state index in [2.05, 4.69) is 10.2 Å². The predicted octanol–water partition coefficient (Wildman–Crippen LogP) is -0.897. The number of rotatable bonds is 0. The van der Waals surface area contributed by atoms with Gasteiger partial charge in [-0.05, 0) is 16.8 Å². The highest BCUT2D eigenvalue weighted by Gasteiger charge is 2.24. The average molecular weight is 235 g/mol. The predicted molar refractivity (Wildman–Crippen MR) is 62.7 cm³/mol. The third-order valence-electron chi connectivity index (χ3n) is 2.33. The molecule has 2 aromatic heterocycles. The zero-order chi connectivity index (χ0) is 12.6. The van der Waals surface area contributed by atoms with E-state index in [4.69, 9.17) is 0 Å². The summed E-state index contributed by atoms with van der Waals surface area (Å²) in [6.45, 7) is 0. The van der Waals surface area contributed by atoms with Crippen molar-refractivity contribution in [3.8, 4) is 0 Å². The molecular weight excluding hydrogens is 220 g/mol. The fraction of sp³-hybridized carbons (Fsp3) is 0.400. The van der Waals surface area contributed by atoms with Crippen molar-refractivity contribution < 1.29 is 9.42 Å². The summed E-state index contributed by atoms with van der Waals surface area (Å²) in [6.07, 6.45) is 1.64. The second-order valence-electron chi connectivity index (χ2n) is 4.11. The average Bonchev–Trinajstić information content (AvgIpc) is 2.56. The van der Waals surface area contributed by atoms with Gasteiger partial charge in [0.15, 0.2) is 0 Å². The summed E-state index contributed by atoms with van der Waals surface area (Å²) in [5, 5.41) is 15.6. The summed E-state index contributed by atoms with van der Waals surface area (Å²) in [5.41, 5.74) is 0.994. The highest BCUT2D eigenvalue weighted by Crippen LogP contribution is 2.05. The van der Waals surface area contributed by atoms with Crippen molar-refractivity contribution >= 4 is 17.1 Å². The van der Waals surface area contributed by atoms with Crippen molar-refractivity contribution in [2.24, 2.45) is 0 Å². The lowest BCUT2D eigenvalue weighted by Crippen LogP contribution is -2.39. The molecule has 90 valence electrons. The van der Waals surface area contributed by atoms with Gasteiger partial charge in [-0.1, -0.05) is 0 Å². The van der Waals surface area contributed by atoms with Crippen molar-refractivity contribution in [3.63, 3.8) is 0 Å². The first-order valence-corrected chi connectivity index (χ1v) is 5.18. The maximum absolute atomic E-state index is 11.6. The zero-order valence-electron chi connectivity index (χ0n) is 10.3. The van der Waals surface area contributed by atoms with Crippen LogP contribution in [0, 0.1) is 5.21 Å². The van der Waals surface area contributed by atoms with Crippen LogP contribution in [0.3, 0.4) is 0 Å². The van der Waals surface area contributed by atoms with Gasteiger partial charge >= 0.3 is 5.96 Å². The van der Waals surface area contributed by atoms with Gasteiger partial charge in [-0.3, -0.25) is 9.48 Å². The van der Waals surface area contributed by atoms with E-state index >= 15 is 0 Å². The standard InChI is InChI=1S/C10H15N6O/c1-13(2)10(14(3)4)15-9-8(16(17)12-15)6-5-7-11-9/h5-7H,1-4H3/q+1. The second kappa shape index (κ2) is 4.00. The van der Waals surface area contributed by atoms with Gasteiger partial charge in [-0.2, -0.15) is 0 Å². The normalized spacial score (nSPS) is 10.6. The monoisotopic (exact) mass is 235 g/mol. The first kappa shape index (κ1) is 11.3. The smallest absolute Gasteiger partial charge is 0.383 e. The quantitative estimate of drug-likeness (QED) is 0.257. The van der Waals surface area contributed by atoms with Gasteiger partial charge < -0.3 is 5.21 Å². The Hall–Kier alpha value is -2.18. The molecule has 0 N–H and O–H groups in total. The van der Waals surface area contributed by atoms with Gasteiger partial charge in [0.05, 0.1) is 33.4 Å². The lowest BCUT2D eigenvalue weighted by atomic mass is 10.4. The topological polar surface area (TPSA) is 63.9 Å². The molecule has 2 rings (SSSR count). The van der Waals surface area contributed by atoms with Gasteiger partial charge in [0.25, 0.3) is 5.65 Å². The van der Waals surface area contributed by atoms with E-state index in [0.29, 0.717) is 16.0 Å². The molecular formula is C10H15N6O+. The Morgan fingerprint density at radius 2 is 2.18 bits per heavy atom. The van der Waals surface area contributed by atoms with Crippen LogP contribution in [0.15, 0.2) is 18.3 Å². The maximum Gasteiger partial charge on any atom is 0.383 e. The minimum atomic E-state index is 0.453. The highest BCUT2D eigenvalue weighted by molar-refractivity contribution is 5.84. The van der Waals surface area contributed by atoms with Crippen LogP contribution in [0.25, 0.3) is 11.2 Å². The molecule has 0 aliphatic carbocycles. The van der Waals surface area contributed by atoms with E-state index in [0.717, 1.165) is 5.96 Å². The molecule has 2 aromatic rings. The van der Waals surface area contributed by atoms with Crippen molar-refractivity contribution in [3.05, 3.63) is 23.5 Å². The molecule has 0 saturated heterocycles. The highest BCUT2D eigenvalue weighted by atomic mass is 16.5. The van der Waals surface area contributed by atoms with E-state index in [1.165, 1.54) is 4.68 Å². The molecule has 17 heavy (non-hydrogen) atoms. The van der Waals surface area contributed by atoms with Crippen molar-refractivity contribution in [1.29, 1.82) is 0 Å². The Balaban J connectivity index is 2.76. The Morgan fingerprint density at radius 3 is 2.76 bits per heavy atom. The van der Waals surface area contributed by atoms with E-state index in [1.807, 2.05) is 37.7 Å². The van der Waals surface area contributed by atoms with Crippen LogP contribution in [-0.4, -0.2) is 58.5 Å². The molecule has 0 fully saturated rings. The van der Waals surface area contributed by atoms with Crippen LogP contribution in [0.5, 0.6) is 0 Å². The summed E-state index contributed by atoms with van der Waals surface area (Å²) in [6, 6.07) is 3.41. The molecule has 0 bridgehead atoms. The molecule has 2 heterocycles. The van der Waals surface area contributed by atoms with Crippen molar-refractivity contribution in [2.75, 3.05) is 28.2 Å². The lowest BCUT2D eigenvalue weighted by Gasteiger charge is -2.09. The van der Waals surface area contributed by atoms with Crippen LogP contribution in [0.2, 0.25) is 0 Å².